The Labute approximate surface area is 98.3 Å². The summed E-state index contributed by atoms with van der Waals surface area (Å²) in [6.45, 7) is 10.2. The van der Waals surface area contributed by atoms with E-state index in [1.807, 2.05) is 4.90 Å². The van der Waals surface area contributed by atoms with Crippen LogP contribution in [0.5, 0.6) is 0 Å². The maximum Gasteiger partial charge on any atom is 0.224 e. The van der Waals surface area contributed by atoms with E-state index in [1.54, 1.807) is 0 Å². The average molecular weight is 228 g/mol. The first-order chi connectivity index (χ1) is 7.55. The highest BCUT2D eigenvalue weighted by molar-refractivity contribution is 5.76. The van der Waals surface area contributed by atoms with Gasteiger partial charge in [0.15, 0.2) is 0 Å². The van der Waals surface area contributed by atoms with Crippen molar-refractivity contribution in [1.29, 1.82) is 0 Å². The molecule has 0 aromatic heterocycles. The van der Waals surface area contributed by atoms with Crippen LogP contribution in [0.25, 0.3) is 0 Å². The summed E-state index contributed by atoms with van der Waals surface area (Å²) >= 11 is 0. The van der Waals surface area contributed by atoms with Gasteiger partial charge < -0.3 is 15.0 Å². The van der Waals surface area contributed by atoms with Gasteiger partial charge in [-0.25, -0.2) is 0 Å². The first kappa shape index (κ1) is 13.5. The van der Waals surface area contributed by atoms with Gasteiger partial charge in [0.1, 0.15) is 0 Å². The second-order valence-electron chi connectivity index (χ2n) is 4.84. The van der Waals surface area contributed by atoms with Crippen LogP contribution >= 0.6 is 0 Å². The van der Waals surface area contributed by atoms with E-state index in [2.05, 4.69) is 26.1 Å². The Morgan fingerprint density at radius 3 is 2.56 bits per heavy atom. The van der Waals surface area contributed by atoms with E-state index in [0.717, 1.165) is 32.6 Å². The SMILES string of the molecule is CCC(C)(C)OCCC(=O)N1CCNCC1. The Balaban J connectivity index is 2.19. The van der Waals surface area contributed by atoms with E-state index in [-0.39, 0.29) is 11.5 Å². The minimum Gasteiger partial charge on any atom is -0.375 e. The van der Waals surface area contributed by atoms with E-state index < -0.39 is 0 Å². The van der Waals surface area contributed by atoms with Gasteiger partial charge in [-0.2, -0.15) is 0 Å². The molecule has 1 fully saturated rings. The van der Waals surface area contributed by atoms with Crippen LogP contribution in [0.4, 0.5) is 0 Å². The van der Waals surface area contributed by atoms with Crippen LogP contribution in [0.1, 0.15) is 33.6 Å². The van der Waals surface area contributed by atoms with Gasteiger partial charge in [-0.05, 0) is 20.3 Å². The van der Waals surface area contributed by atoms with Crippen molar-refractivity contribution < 1.29 is 9.53 Å². The molecule has 4 nitrogen and oxygen atoms in total. The molecule has 0 atom stereocenters. The highest BCUT2D eigenvalue weighted by Gasteiger charge is 2.18. The molecule has 0 aliphatic carbocycles. The van der Waals surface area contributed by atoms with Crippen molar-refractivity contribution in [1.82, 2.24) is 10.2 Å². The normalized spacial score (nSPS) is 17.6. The number of hydrogen-bond acceptors (Lipinski definition) is 3. The minimum atomic E-state index is -0.107. The number of carbonyl (C=O) groups excluding carboxylic acids is 1. The summed E-state index contributed by atoms with van der Waals surface area (Å²) in [7, 11) is 0. The van der Waals surface area contributed by atoms with Crippen LogP contribution in [-0.2, 0) is 9.53 Å². The van der Waals surface area contributed by atoms with E-state index in [1.165, 1.54) is 0 Å². The Morgan fingerprint density at radius 1 is 1.38 bits per heavy atom. The van der Waals surface area contributed by atoms with Crippen molar-refractivity contribution in [3.8, 4) is 0 Å². The Morgan fingerprint density at radius 2 is 2.00 bits per heavy atom. The number of nitrogens with zero attached hydrogens (tertiary/aromatic N) is 1. The van der Waals surface area contributed by atoms with Crippen LogP contribution in [0.3, 0.4) is 0 Å². The maximum absolute atomic E-state index is 11.8. The predicted molar refractivity (Wildman–Crippen MR) is 64.4 cm³/mol. The monoisotopic (exact) mass is 228 g/mol. The van der Waals surface area contributed by atoms with Gasteiger partial charge in [0.05, 0.1) is 18.6 Å². The molecular formula is C12H24N2O2. The summed E-state index contributed by atoms with van der Waals surface area (Å²) < 4.78 is 5.68. The molecule has 1 amide bonds. The molecule has 1 N–H and O–H groups in total. The molecule has 0 saturated carbocycles. The average Bonchev–Trinajstić information content (AvgIpc) is 2.30. The van der Waals surface area contributed by atoms with Crippen molar-refractivity contribution in [2.75, 3.05) is 32.8 Å². The summed E-state index contributed by atoms with van der Waals surface area (Å²) in [6.07, 6.45) is 1.47. The van der Waals surface area contributed by atoms with Crippen LogP contribution in [0.2, 0.25) is 0 Å². The molecule has 1 saturated heterocycles. The van der Waals surface area contributed by atoms with Gasteiger partial charge >= 0.3 is 0 Å². The molecular weight excluding hydrogens is 204 g/mol. The van der Waals surface area contributed by atoms with E-state index in [0.29, 0.717) is 13.0 Å². The fourth-order valence-electron chi connectivity index (χ4n) is 1.59. The maximum atomic E-state index is 11.8. The first-order valence-corrected chi connectivity index (χ1v) is 6.17. The van der Waals surface area contributed by atoms with E-state index >= 15 is 0 Å². The summed E-state index contributed by atoms with van der Waals surface area (Å²) in [4.78, 5) is 13.7. The number of hydrogen-bond donors (Lipinski definition) is 1. The number of nitrogens with one attached hydrogen (secondary N) is 1. The zero-order valence-electron chi connectivity index (χ0n) is 10.7. The second kappa shape index (κ2) is 6.21. The van der Waals surface area contributed by atoms with Gasteiger partial charge in [0.2, 0.25) is 5.91 Å². The summed E-state index contributed by atoms with van der Waals surface area (Å²) in [6, 6.07) is 0. The predicted octanol–water partition coefficient (Wildman–Crippen LogP) is 1.01. The molecule has 1 aliphatic rings. The quantitative estimate of drug-likeness (QED) is 0.763. The lowest BCUT2D eigenvalue weighted by molar-refractivity contribution is -0.134. The summed E-state index contributed by atoms with van der Waals surface area (Å²) in [5, 5.41) is 3.23. The largest absolute Gasteiger partial charge is 0.375 e. The molecule has 0 aromatic rings. The number of carbonyl (C=O) groups is 1. The fourth-order valence-corrected chi connectivity index (χ4v) is 1.59. The van der Waals surface area contributed by atoms with Crippen LogP contribution in [0.15, 0.2) is 0 Å². The third kappa shape index (κ3) is 4.49. The number of rotatable bonds is 5. The number of amides is 1. The van der Waals surface area contributed by atoms with Gasteiger partial charge in [-0.1, -0.05) is 6.92 Å². The molecule has 16 heavy (non-hydrogen) atoms. The minimum absolute atomic E-state index is 0.107. The van der Waals surface area contributed by atoms with E-state index in [4.69, 9.17) is 4.74 Å². The molecule has 1 aliphatic heterocycles. The Kier molecular flexibility index (Phi) is 5.22. The van der Waals surface area contributed by atoms with Crippen molar-refractivity contribution in [2.45, 2.75) is 39.2 Å². The smallest absolute Gasteiger partial charge is 0.224 e. The Bertz CT molecular complexity index is 223. The third-order valence-electron chi connectivity index (χ3n) is 3.13. The lowest BCUT2D eigenvalue weighted by Crippen LogP contribution is -2.46. The van der Waals surface area contributed by atoms with Crippen LogP contribution < -0.4 is 5.32 Å². The van der Waals surface area contributed by atoms with Gasteiger partial charge in [-0.3, -0.25) is 4.79 Å². The summed E-state index contributed by atoms with van der Waals surface area (Å²) in [5.41, 5.74) is -0.107. The fraction of sp³-hybridized carbons (Fsp3) is 0.917. The number of piperazine rings is 1. The van der Waals surface area contributed by atoms with Gasteiger partial charge in [0, 0.05) is 26.2 Å². The molecule has 1 rings (SSSR count). The lowest BCUT2D eigenvalue weighted by Gasteiger charge is -2.28. The van der Waals surface area contributed by atoms with E-state index in [9.17, 15) is 4.79 Å². The standard InChI is InChI=1S/C12H24N2O2/c1-4-12(2,3)16-10-5-11(15)14-8-6-13-7-9-14/h13H,4-10H2,1-3H3. The Hall–Kier alpha value is -0.610. The lowest BCUT2D eigenvalue weighted by atomic mass is 10.1. The molecule has 0 bridgehead atoms. The molecule has 0 unspecified atom stereocenters. The highest BCUT2D eigenvalue weighted by atomic mass is 16.5. The molecule has 0 radical (unpaired) electrons. The van der Waals surface area contributed by atoms with Crippen LogP contribution in [0, 0.1) is 0 Å². The third-order valence-corrected chi connectivity index (χ3v) is 3.13. The van der Waals surface area contributed by atoms with Crippen molar-refractivity contribution in [3.05, 3.63) is 0 Å². The van der Waals surface area contributed by atoms with Crippen LogP contribution in [-0.4, -0.2) is 49.2 Å². The molecule has 94 valence electrons. The molecule has 4 heteroatoms. The zero-order chi connectivity index (χ0) is 12.0. The van der Waals surface area contributed by atoms with Gasteiger partial charge in [-0.15, -0.1) is 0 Å². The van der Waals surface area contributed by atoms with Crippen molar-refractivity contribution >= 4 is 5.91 Å². The van der Waals surface area contributed by atoms with Crippen molar-refractivity contribution in [2.24, 2.45) is 0 Å². The number of ether oxygens (including phenoxy) is 1. The molecule has 0 aromatic carbocycles. The zero-order valence-corrected chi connectivity index (χ0v) is 10.7. The second-order valence-corrected chi connectivity index (χ2v) is 4.84. The topological polar surface area (TPSA) is 41.6 Å². The first-order valence-electron chi connectivity index (χ1n) is 6.17. The van der Waals surface area contributed by atoms with Gasteiger partial charge in [0.25, 0.3) is 0 Å². The molecule has 1 heterocycles. The highest BCUT2D eigenvalue weighted by Crippen LogP contribution is 2.13. The van der Waals surface area contributed by atoms with Crippen molar-refractivity contribution in [3.63, 3.8) is 0 Å². The molecule has 0 spiro atoms. The summed E-state index contributed by atoms with van der Waals surface area (Å²) in [5.74, 6) is 0.216.